The second-order valence-corrected chi connectivity index (χ2v) is 6.29. The van der Waals surface area contributed by atoms with Crippen LogP contribution in [0.25, 0.3) is 11.0 Å². The molecule has 0 saturated heterocycles. The van der Waals surface area contributed by atoms with Gasteiger partial charge in [0, 0.05) is 6.54 Å². The van der Waals surface area contributed by atoms with Gasteiger partial charge >= 0.3 is 0 Å². The molecule has 0 saturated carbocycles. The van der Waals surface area contributed by atoms with Crippen LogP contribution in [0.3, 0.4) is 0 Å². The molecule has 2 rings (SSSR count). The molecule has 3 nitrogen and oxygen atoms in total. The normalized spacial score (nSPS) is 12.2. The Balaban J connectivity index is 2.25. The van der Waals surface area contributed by atoms with Crippen molar-refractivity contribution in [1.29, 1.82) is 0 Å². The largest absolute Gasteiger partial charge is 0.369 e. The van der Waals surface area contributed by atoms with Crippen molar-refractivity contribution in [2.24, 2.45) is 5.41 Å². The molecule has 110 valence electrons. The minimum atomic E-state index is -0.309. The number of aromatic nitrogens is 2. The van der Waals surface area contributed by atoms with Crippen LogP contribution in [0.15, 0.2) is 18.2 Å². The smallest absolute Gasteiger partial charge is 0.201 e. The average Bonchev–Trinajstić information content (AvgIpc) is 2.68. The number of fused-ring (bicyclic) bond motifs is 1. The third kappa shape index (κ3) is 3.11. The molecule has 0 unspecified atom stereocenters. The quantitative estimate of drug-likeness (QED) is 0.797. The van der Waals surface area contributed by atoms with Gasteiger partial charge in [0.25, 0.3) is 0 Å². The van der Waals surface area contributed by atoms with Gasteiger partial charge in [0.15, 0.2) is 5.82 Å². The molecule has 0 aliphatic carbocycles. The zero-order valence-electron chi connectivity index (χ0n) is 12.6. The summed E-state index contributed by atoms with van der Waals surface area (Å²) >= 11 is 0. The van der Waals surface area contributed by atoms with Crippen molar-refractivity contribution in [3.63, 3.8) is 0 Å². The second-order valence-electron chi connectivity index (χ2n) is 6.29. The van der Waals surface area contributed by atoms with E-state index in [-0.39, 0.29) is 11.2 Å². The van der Waals surface area contributed by atoms with Crippen LogP contribution in [0, 0.1) is 11.2 Å². The lowest BCUT2D eigenvalue weighted by atomic mass is 9.86. The Labute approximate surface area is 120 Å². The number of nitrogens with two attached hydrogens (primary N) is 1. The lowest BCUT2D eigenvalue weighted by molar-refractivity contribution is 0.276. The highest BCUT2D eigenvalue weighted by molar-refractivity contribution is 5.78. The predicted octanol–water partition coefficient (Wildman–Crippen LogP) is 4.36. The van der Waals surface area contributed by atoms with Crippen molar-refractivity contribution < 1.29 is 4.39 Å². The number of para-hydroxylation sites is 1. The first kappa shape index (κ1) is 14.8. The summed E-state index contributed by atoms with van der Waals surface area (Å²) < 4.78 is 15.7. The Morgan fingerprint density at radius 2 is 2.05 bits per heavy atom. The Morgan fingerprint density at radius 3 is 2.75 bits per heavy atom. The minimum Gasteiger partial charge on any atom is -0.369 e. The standard InChI is InChI=1S/C16H24FN3/c1-4-5-6-10-16(2,3)11-20-13-9-7-8-12(17)14(13)19-15(20)18/h7-9H,4-6,10-11H2,1-3H3,(H2,18,19). The molecule has 2 N–H and O–H groups in total. The van der Waals surface area contributed by atoms with Crippen molar-refractivity contribution in [3.8, 4) is 0 Å². The van der Waals surface area contributed by atoms with Gasteiger partial charge in [-0.25, -0.2) is 9.37 Å². The molecule has 0 radical (unpaired) electrons. The summed E-state index contributed by atoms with van der Waals surface area (Å²) in [6.07, 6.45) is 4.81. The number of benzene rings is 1. The molecule has 0 aliphatic heterocycles. The van der Waals surface area contributed by atoms with Gasteiger partial charge in [-0.2, -0.15) is 0 Å². The first-order valence-electron chi connectivity index (χ1n) is 7.35. The fraction of sp³-hybridized carbons (Fsp3) is 0.562. The van der Waals surface area contributed by atoms with Gasteiger partial charge in [0.2, 0.25) is 5.95 Å². The highest BCUT2D eigenvalue weighted by Crippen LogP contribution is 2.30. The molecular weight excluding hydrogens is 253 g/mol. The van der Waals surface area contributed by atoms with Crippen LogP contribution in [0.5, 0.6) is 0 Å². The minimum absolute atomic E-state index is 0.128. The molecule has 20 heavy (non-hydrogen) atoms. The van der Waals surface area contributed by atoms with Crippen molar-refractivity contribution in [3.05, 3.63) is 24.0 Å². The summed E-state index contributed by atoms with van der Waals surface area (Å²) in [4.78, 5) is 4.16. The molecule has 1 aromatic heterocycles. The number of unbranched alkanes of at least 4 members (excludes halogenated alkanes) is 2. The summed E-state index contributed by atoms with van der Waals surface area (Å²) in [7, 11) is 0. The monoisotopic (exact) mass is 277 g/mol. The van der Waals surface area contributed by atoms with Gasteiger partial charge in [-0.15, -0.1) is 0 Å². The van der Waals surface area contributed by atoms with Crippen LogP contribution in [0.4, 0.5) is 10.3 Å². The van der Waals surface area contributed by atoms with Crippen LogP contribution in [0.2, 0.25) is 0 Å². The van der Waals surface area contributed by atoms with E-state index in [2.05, 4.69) is 25.8 Å². The average molecular weight is 277 g/mol. The Hall–Kier alpha value is -1.58. The predicted molar refractivity (Wildman–Crippen MR) is 82.0 cm³/mol. The third-order valence-corrected chi connectivity index (χ3v) is 3.80. The van der Waals surface area contributed by atoms with E-state index in [1.54, 1.807) is 6.07 Å². The summed E-state index contributed by atoms with van der Waals surface area (Å²) in [6.45, 7) is 7.43. The van der Waals surface area contributed by atoms with Crippen molar-refractivity contribution in [2.75, 3.05) is 5.73 Å². The zero-order chi connectivity index (χ0) is 14.8. The fourth-order valence-corrected chi connectivity index (χ4v) is 2.66. The number of rotatable bonds is 6. The van der Waals surface area contributed by atoms with Crippen LogP contribution in [-0.4, -0.2) is 9.55 Å². The number of hydrogen-bond acceptors (Lipinski definition) is 2. The topological polar surface area (TPSA) is 43.8 Å². The van der Waals surface area contributed by atoms with Crippen molar-refractivity contribution >= 4 is 17.0 Å². The lowest BCUT2D eigenvalue weighted by Crippen LogP contribution is -2.20. The summed E-state index contributed by atoms with van der Waals surface area (Å²) in [5.74, 6) is 0.0883. The molecule has 0 amide bonds. The number of nitrogen functional groups attached to an aromatic ring is 1. The molecule has 0 aliphatic rings. The SMILES string of the molecule is CCCCCC(C)(C)Cn1c(N)nc2c(F)cccc21. The maximum Gasteiger partial charge on any atom is 0.201 e. The second kappa shape index (κ2) is 5.81. The molecule has 4 heteroatoms. The van der Waals surface area contributed by atoms with Crippen LogP contribution in [0.1, 0.15) is 46.5 Å². The highest BCUT2D eigenvalue weighted by atomic mass is 19.1. The number of nitrogens with zero attached hydrogens (tertiary/aromatic N) is 2. The fourth-order valence-electron chi connectivity index (χ4n) is 2.66. The van der Waals surface area contributed by atoms with Gasteiger partial charge in [0.1, 0.15) is 5.52 Å². The molecule has 0 bridgehead atoms. The first-order chi connectivity index (χ1) is 9.44. The highest BCUT2D eigenvalue weighted by Gasteiger charge is 2.21. The zero-order valence-corrected chi connectivity index (χ0v) is 12.6. The summed E-state index contributed by atoms with van der Waals surface area (Å²) in [6, 6.07) is 5.01. The Morgan fingerprint density at radius 1 is 1.30 bits per heavy atom. The lowest BCUT2D eigenvalue weighted by Gasteiger charge is -2.26. The van der Waals surface area contributed by atoms with Crippen LogP contribution >= 0.6 is 0 Å². The molecule has 0 spiro atoms. The van der Waals surface area contributed by atoms with E-state index >= 15 is 0 Å². The van der Waals surface area contributed by atoms with Crippen molar-refractivity contribution in [1.82, 2.24) is 9.55 Å². The molecule has 0 fully saturated rings. The Kier molecular flexibility index (Phi) is 4.31. The van der Waals surface area contributed by atoms with Crippen molar-refractivity contribution in [2.45, 2.75) is 53.0 Å². The number of imidazole rings is 1. The molecule has 2 aromatic rings. The first-order valence-corrected chi connectivity index (χ1v) is 7.35. The number of hydrogen-bond donors (Lipinski definition) is 1. The van der Waals surface area contributed by atoms with Gasteiger partial charge in [0.05, 0.1) is 5.52 Å². The van der Waals surface area contributed by atoms with Gasteiger partial charge in [-0.1, -0.05) is 46.1 Å². The van der Waals surface area contributed by atoms with Gasteiger partial charge in [-0.3, -0.25) is 0 Å². The summed E-state index contributed by atoms with van der Waals surface area (Å²) in [5.41, 5.74) is 7.25. The molecule has 0 atom stereocenters. The third-order valence-electron chi connectivity index (χ3n) is 3.80. The van der Waals surface area contributed by atoms with E-state index in [1.807, 2.05) is 10.6 Å². The van der Waals surface area contributed by atoms with E-state index in [0.29, 0.717) is 11.5 Å². The van der Waals surface area contributed by atoms with Gasteiger partial charge < -0.3 is 10.3 Å². The molecular formula is C16H24FN3. The van der Waals surface area contributed by atoms with E-state index in [0.717, 1.165) is 18.5 Å². The van der Waals surface area contributed by atoms with Crippen LogP contribution in [-0.2, 0) is 6.54 Å². The van der Waals surface area contributed by atoms with E-state index in [4.69, 9.17) is 5.73 Å². The van der Waals surface area contributed by atoms with Gasteiger partial charge in [-0.05, 0) is 24.0 Å². The van der Waals surface area contributed by atoms with Crippen LogP contribution < -0.4 is 5.73 Å². The maximum atomic E-state index is 13.7. The maximum absolute atomic E-state index is 13.7. The number of anilines is 1. The summed E-state index contributed by atoms with van der Waals surface area (Å²) in [5, 5.41) is 0. The van der Waals surface area contributed by atoms with E-state index < -0.39 is 0 Å². The Bertz CT molecular complexity index is 587. The number of halogens is 1. The molecule has 1 heterocycles. The van der Waals surface area contributed by atoms with E-state index in [1.165, 1.54) is 25.3 Å². The van der Waals surface area contributed by atoms with E-state index in [9.17, 15) is 4.39 Å². The molecule has 1 aromatic carbocycles.